The molecule has 1 N–H and O–H groups in total. The Hall–Kier alpha value is -3.02. The zero-order valence-corrected chi connectivity index (χ0v) is 17.9. The summed E-state index contributed by atoms with van der Waals surface area (Å²) in [5, 5.41) is 2.85. The zero-order valence-electron chi connectivity index (χ0n) is 17.9. The van der Waals surface area contributed by atoms with Gasteiger partial charge in [0.25, 0.3) is 11.8 Å². The molecule has 3 rings (SSSR count). The molecular formula is C24H30N2O4. The number of rotatable bonds is 7. The number of methoxy groups -OCH3 is 1. The number of amides is 2. The van der Waals surface area contributed by atoms with Crippen molar-refractivity contribution in [2.24, 2.45) is 0 Å². The quantitative estimate of drug-likeness (QED) is 0.729. The first-order valence-electron chi connectivity index (χ1n) is 10.5. The van der Waals surface area contributed by atoms with E-state index in [0.717, 1.165) is 25.7 Å². The maximum absolute atomic E-state index is 13.1. The van der Waals surface area contributed by atoms with Crippen molar-refractivity contribution >= 4 is 17.5 Å². The van der Waals surface area contributed by atoms with Crippen LogP contribution in [0.5, 0.6) is 11.5 Å². The van der Waals surface area contributed by atoms with Gasteiger partial charge in [0.1, 0.15) is 0 Å². The van der Waals surface area contributed by atoms with E-state index in [1.165, 1.54) is 6.42 Å². The van der Waals surface area contributed by atoms with Gasteiger partial charge in [-0.05, 0) is 44.0 Å². The molecule has 1 fully saturated rings. The van der Waals surface area contributed by atoms with Crippen molar-refractivity contribution in [1.29, 1.82) is 0 Å². The van der Waals surface area contributed by atoms with E-state index in [0.29, 0.717) is 22.7 Å². The van der Waals surface area contributed by atoms with Crippen LogP contribution in [0.1, 0.15) is 49.4 Å². The van der Waals surface area contributed by atoms with Gasteiger partial charge in [-0.1, -0.05) is 43.5 Å². The largest absolute Gasteiger partial charge is 0.493 e. The number of hydrogen-bond donors (Lipinski definition) is 1. The SMILES string of the molecule is COc1ccccc1OC(C)C(=O)Nc1ccccc1C(=O)N(C)C1CCCCC1. The summed E-state index contributed by atoms with van der Waals surface area (Å²) in [4.78, 5) is 27.7. The van der Waals surface area contributed by atoms with Gasteiger partial charge in [0.15, 0.2) is 17.6 Å². The number of carbonyl (C=O) groups is 2. The third-order valence-corrected chi connectivity index (χ3v) is 5.60. The van der Waals surface area contributed by atoms with Crippen molar-refractivity contribution in [3.63, 3.8) is 0 Å². The van der Waals surface area contributed by atoms with Crippen LogP contribution in [-0.2, 0) is 4.79 Å². The van der Waals surface area contributed by atoms with Crippen LogP contribution >= 0.6 is 0 Å². The van der Waals surface area contributed by atoms with E-state index in [9.17, 15) is 9.59 Å². The van der Waals surface area contributed by atoms with Gasteiger partial charge in [-0.25, -0.2) is 0 Å². The van der Waals surface area contributed by atoms with Crippen molar-refractivity contribution < 1.29 is 19.1 Å². The second kappa shape index (κ2) is 10.1. The molecular weight excluding hydrogens is 380 g/mol. The lowest BCUT2D eigenvalue weighted by Crippen LogP contribution is -2.39. The van der Waals surface area contributed by atoms with Crippen LogP contribution in [0.25, 0.3) is 0 Å². The van der Waals surface area contributed by atoms with Crippen LogP contribution in [0.15, 0.2) is 48.5 Å². The van der Waals surface area contributed by atoms with Gasteiger partial charge in [0, 0.05) is 13.1 Å². The Morgan fingerprint density at radius 3 is 2.33 bits per heavy atom. The predicted octanol–water partition coefficient (Wildman–Crippen LogP) is 4.51. The molecule has 160 valence electrons. The zero-order chi connectivity index (χ0) is 21.5. The van der Waals surface area contributed by atoms with Crippen molar-refractivity contribution in [2.75, 3.05) is 19.5 Å². The van der Waals surface area contributed by atoms with E-state index in [-0.39, 0.29) is 17.9 Å². The summed E-state index contributed by atoms with van der Waals surface area (Å²) in [5.74, 6) is 0.642. The van der Waals surface area contributed by atoms with Crippen molar-refractivity contribution in [1.82, 2.24) is 4.90 Å². The Labute approximate surface area is 178 Å². The fraction of sp³-hybridized carbons (Fsp3) is 0.417. The van der Waals surface area contributed by atoms with Crippen molar-refractivity contribution in [3.05, 3.63) is 54.1 Å². The second-order valence-corrected chi connectivity index (χ2v) is 7.65. The third-order valence-electron chi connectivity index (χ3n) is 5.60. The molecule has 0 bridgehead atoms. The van der Waals surface area contributed by atoms with Crippen LogP contribution in [0.4, 0.5) is 5.69 Å². The number of benzene rings is 2. The van der Waals surface area contributed by atoms with E-state index in [2.05, 4.69) is 5.32 Å². The topological polar surface area (TPSA) is 67.9 Å². The highest BCUT2D eigenvalue weighted by Gasteiger charge is 2.25. The highest BCUT2D eigenvalue weighted by atomic mass is 16.5. The molecule has 2 amide bonds. The summed E-state index contributed by atoms with van der Waals surface area (Å²) < 4.78 is 11.1. The van der Waals surface area contributed by atoms with Gasteiger partial charge in [-0.3, -0.25) is 9.59 Å². The third kappa shape index (κ3) is 5.12. The number of ether oxygens (including phenoxy) is 2. The number of hydrogen-bond acceptors (Lipinski definition) is 4. The molecule has 2 aromatic rings. The molecule has 1 aliphatic rings. The molecule has 1 saturated carbocycles. The van der Waals surface area contributed by atoms with Crippen LogP contribution in [0, 0.1) is 0 Å². The Balaban J connectivity index is 1.70. The molecule has 0 aromatic heterocycles. The minimum atomic E-state index is -0.763. The van der Waals surface area contributed by atoms with Gasteiger partial charge >= 0.3 is 0 Å². The standard InChI is InChI=1S/C24H30N2O4/c1-17(30-22-16-10-9-15-21(22)29-3)23(27)25-20-14-8-7-13-19(20)24(28)26(2)18-11-5-4-6-12-18/h7-10,13-18H,4-6,11-12H2,1-3H3,(H,25,27). The molecule has 0 spiro atoms. The van der Waals surface area contributed by atoms with Gasteiger partial charge < -0.3 is 19.7 Å². The fourth-order valence-electron chi connectivity index (χ4n) is 3.80. The van der Waals surface area contributed by atoms with Crippen molar-refractivity contribution in [2.45, 2.75) is 51.2 Å². The molecule has 0 radical (unpaired) electrons. The molecule has 1 unspecified atom stereocenters. The molecule has 0 saturated heterocycles. The van der Waals surface area contributed by atoms with Crippen LogP contribution in [-0.4, -0.2) is 43.0 Å². The summed E-state index contributed by atoms with van der Waals surface area (Å²) in [6, 6.07) is 14.5. The maximum Gasteiger partial charge on any atom is 0.265 e. The predicted molar refractivity (Wildman–Crippen MR) is 117 cm³/mol. The summed E-state index contributed by atoms with van der Waals surface area (Å²) in [6.07, 6.45) is 4.83. The van der Waals surface area contributed by atoms with Crippen LogP contribution in [0.2, 0.25) is 0 Å². The summed E-state index contributed by atoms with van der Waals surface area (Å²) in [6.45, 7) is 1.67. The Bertz CT molecular complexity index is 877. The molecule has 1 atom stereocenters. The molecule has 0 heterocycles. The lowest BCUT2D eigenvalue weighted by Gasteiger charge is -2.31. The van der Waals surface area contributed by atoms with Gasteiger partial charge in [-0.15, -0.1) is 0 Å². The van der Waals surface area contributed by atoms with Gasteiger partial charge in [-0.2, -0.15) is 0 Å². The number of nitrogens with one attached hydrogen (secondary N) is 1. The smallest absolute Gasteiger partial charge is 0.265 e. The first-order chi connectivity index (χ1) is 14.5. The Morgan fingerprint density at radius 1 is 1.00 bits per heavy atom. The summed E-state index contributed by atoms with van der Waals surface area (Å²) >= 11 is 0. The number of carbonyl (C=O) groups excluding carboxylic acids is 2. The van der Waals surface area contributed by atoms with E-state index < -0.39 is 6.10 Å². The minimum Gasteiger partial charge on any atom is -0.493 e. The molecule has 2 aromatic carbocycles. The highest BCUT2D eigenvalue weighted by molar-refractivity contribution is 6.04. The monoisotopic (exact) mass is 410 g/mol. The fourth-order valence-corrected chi connectivity index (χ4v) is 3.80. The van der Waals surface area contributed by atoms with E-state index >= 15 is 0 Å². The molecule has 0 aliphatic heterocycles. The average Bonchev–Trinajstić information content (AvgIpc) is 2.79. The second-order valence-electron chi connectivity index (χ2n) is 7.65. The normalized spacial score (nSPS) is 15.2. The van der Waals surface area contributed by atoms with Crippen LogP contribution < -0.4 is 14.8 Å². The first-order valence-corrected chi connectivity index (χ1v) is 10.5. The Kier molecular flexibility index (Phi) is 7.33. The van der Waals surface area contributed by atoms with E-state index in [1.54, 1.807) is 44.4 Å². The average molecular weight is 411 g/mol. The molecule has 6 nitrogen and oxygen atoms in total. The molecule has 1 aliphatic carbocycles. The summed E-state index contributed by atoms with van der Waals surface area (Å²) in [5.41, 5.74) is 0.981. The maximum atomic E-state index is 13.1. The molecule has 30 heavy (non-hydrogen) atoms. The minimum absolute atomic E-state index is 0.0731. The number of anilines is 1. The summed E-state index contributed by atoms with van der Waals surface area (Å²) in [7, 11) is 3.40. The Morgan fingerprint density at radius 2 is 1.63 bits per heavy atom. The highest BCUT2D eigenvalue weighted by Crippen LogP contribution is 2.28. The number of para-hydroxylation sites is 3. The lowest BCUT2D eigenvalue weighted by molar-refractivity contribution is -0.122. The van der Waals surface area contributed by atoms with Crippen LogP contribution in [0.3, 0.4) is 0 Å². The first kappa shape index (κ1) is 21.7. The van der Waals surface area contributed by atoms with E-state index in [1.807, 2.05) is 30.1 Å². The van der Waals surface area contributed by atoms with Gasteiger partial charge in [0.05, 0.1) is 18.4 Å². The van der Waals surface area contributed by atoms with Crippen molar-refractivity contribution in [3.8, 4) is 11.5 Å². The molecule has 6 heteroatoms. The van der Waals surface area contributed by atoms with E-state index in [4.69, 9.17) is 9.47 Å². The lowest BCUT2D eigenvalue weighted by atomic mass is 9.94. The van der Waals surface area contributed by atoms with Gasteiger partial charge in [0.2, 0.25) is 0 Å². The number of nitrogens with zero attached hydrogens (tertiary/aromatic N) is 1.